The molecule has 112 valence electrons. The molecule has 0 amide bonds. The summed E-state index contributed by atoms with van der Waals surface area (Å²) in [4.78, 5) is 6.42. The van der Waals surface area contributed by atoms with Crippen molar-refractivity contribution in [2.75, 3.05) is 31.4 Å². The quantitative estimate of drug-likeness (QED) is 0.884. The van der Waals surface area contributed by atoms with E-state index >= 15 is 0 Å². The van der Waals surface area contributed by atoms with Crippen LogP contribution in [0.5, 0.6) is 5.75 Å². The predicted octanol–water partition coefficient (Wildman–Crippen LogP) is 3.20. The molecule has 0 saturated heterocycles. The van der Waals surface area contributed by atoms with E-state index in [1.54, 1.807) is 7.11 Å². The van der Waals surface area contributed by atoms with Crippen LogP contribution >= 0.6 is 0 Å². The number of hydrogen-bond donors (Lipinski definition) is 1. The van der Waals surface area contributed by atoms with Crippen molar-refractivity contribution in [2.45, 2.75) is 19.4 Å². The fourth-order valence-electron chi connectivity index (χ4n) is 2.38. The number of benzene rings is 1. The Balaban J connectivity index is 2.10. The van der Waals surface area contributed by atoms with Crippen molar-refractivity contribution in [3.63, 3.8) is 0 Å². The molecule has 0 bridgehead atoms. The second-order valence-electron chi connectivity index (χ2n) is 5.33. The van der Waals surface area contributed by atoms with Crippen LogP contribution in [0.25, 0.3) is 0 Å². The van der Waals surface area contributed by atoms with E-state index in [4.69, 9.17) is 4.74 Å². The van der Waals surface area contributed by atoms with Crippen LogP contribution in [-0.4, -0.2) is 32.2 Å². The summed E-state index contributed by atoms with van der Waals surface area (Å²) in [5.74, 6) is 1.88. The van der Waals surface area contributed by atoms with E-state index in [0.717, 1.165) is 23.7 Å². The summed E-state index contributed by atoms with van der Waals surface area (Å²) in [7, 11) is 5.71. The fraction of sp³-hybridized carbons (Fsp3) is 0.353. The summed E-state index contributed by atoms with van der Waals surface area (Å²) in [6.45, 7) is 2.17. The summed E-state index contributed by atoms with van der Waals surface area (Å²) < 4.78 is 5.41. The Hall–Kier alpha value is -2.23. The van der Waals surface area contributed by atoms with Crippen LogP contribution in [0.2, 0.25) is 0 Å². The molecule has 2 rings (SSSR count). The Bertz CT molecular complexity index is 584. The zero-order valence-electron chi connectivity index (χ0n) is 13.1. The number of aromatic nitrogens is 1. The first-order valence-electron chi connectivity index (χ1n) is 7.12. The molecule has 0 fully saturated rings. The van der Waals surface area contributed by atoms with E-state index < -0.39 is 0 Å². The number of nitrogens with one attached hydrogen (secondary N) is 1. The maximum Gasteiger partial charge on any atom is 0.151 e. The number of ether oxygens (including phenoxy) is 1. The molecule has 1 unspecified atom stereocenters. The summed E-state index contributed by atoms with van der Waals surface area (Å²) in [6.07, 6.45) is 2.71. The molecule has 0 radical (unpaired) electrons. The van der Waals surface area contributed by atoms with Gasteiger partial charge in [-0.1, -0.05) is 18.2 Å². The van der Waals surface area contributed by atoms with Gasteiger partial charge < -0.3 is 15.0 Å². The summed E-state index contributed by atoms with van der Waals surface area (Å²) in [6, 6.07) is 12.4. The number of rotatable bonds is 6. The van der Waals surface area contributed by atoms with Crippen LogP contribution in [-0.2, 0) is 6.42 Å². The number of nitrogens with zero attached hydrogens (tertiary/aromatic N) is 2. The van der Waals surface area contributed by atoms with E-state index in [9.17, 15) is 0 Å². The van der Waals surface area contributed by atoms with E-state index in [0.29, 0.717) is 0 Å². The first-order chi connectivity index (χ1) is 10.1. The van der Waals surface area contributed by atoms with Gasteiger partial charge in [-0.2, -0.15) is 0 Å². The predicted molar refractivity (Wildman–Crippen MR) is 88.3 cm³/mol. The molecule has 0 spiro atoms. The van der Waals surface area contributed by atoms with Gasteiger partial charge in [-0.05, 0) is 37.1 Å². The first-order valence-corrected chi connectivity index (χ1v) is 7.12. The second-order valence-corrected chi connectivity index (χ2v) is 5.33. The highest BCUT2D eigenvalue weighted by atomic mass is 16.5. The Kier molecular flexibility index (Phi) is 5.04. The van der Waals surface area contributed by atoms with E-state index in [1.807, 2.05) is 49.5 Å². The lowest BCUT2D eigenvalue weighted by Gasteiger charge is -2.21. The van der Waals surface area contributed by atoms with Crippen molar-refractivity contribution >= 4 is 11.5 Å². The molecule has 1 atom stereocenters. The van der Waals surface area contributed by atoms with E-state index in [-0.39, 0.29) is 6.04 Å². The molecule has 4 nitrogen and oxygen atoms in total. The van der Waals surface area contributed by atoms with Crippen molar-refractivity contribution in [2.24, 2.45) is 0 Å². The van der Waals surface area contributed by atoms with Crippen molar-refractivity contribution in [3.05, 3.63) is 48.2 Å². The number of hydrogen-bond acceptors (Lipinski definition) is 4. The molecule has 1 aromatic carbocycles. The van der Waals surface area contributed by atoms with Gasteiger partial charge in [0.2, 0.25) is 0 Å². The second kappa shape index (κ2) is 6.97. The van der Waals surface area contributed by atoms with Crippen LogP contribution in [0.15, 0.2) is 42.6 Å². The number of para-hydroxylation sites is 1. The van der Waals surface area contributed by atoms with E-state index in [1.165, 1.54) is 5.56 Å². The number of pyridine rings is 1. The molecular formula is C17H23N3O. The van der Waals surface area contributed by atoms with Gasteiger partial charge in [0.05, 0.1) is 12.8 Å². The number of methoxy groups -OCH3 is 1. The van der Waals surface area contributed by atoms with Gasteiger partial charge in [0.1, 0.15) is 5.75 Å². The lowest BCUT2D eigenvalue weighted by Crippen LogP contribution is -2.21. The van der Waals surface area contributed by atoms with Gasteiger partial charge in [-0.25, -0.2) is 4.98 Å². The molecule has 0 saturated carbocycles. The van der Waals surface area contributed by atoms with Crippen molar-refractivity contribution in [1.82, 2.24) is 4.98 Å². The van der Waals surface area contributed by atoms with Crippen molar-refractivity contribution in [1.29, 1.82) is 0 Å². The van der Waals surface area contributed by atoms with Crippen LogP contribution in [0.4, 0.5) is 11.5 Å². The molecule has 1 N–H and O–H groups in total. The average Bonchev–Trinajstić information content (AvgIpc) is 2.48. The maximum atomic E-state index is 5.41. The zero-order chi connectivity index (χ0) is 15.2. The molecule has 2 aromatic rings. The standard InChI is InChI=1S/C17H23N3O/c1-13(12-14-8-5-6-10-16(14)21-4)19-15-9-7-11-18-17(15)20(2)3/h5-11,13,19H,12H2,1-4H3. The normalized spacial score (nSPS) is 11.8. The Labute approximate surface area is 126 Å². The van der Waals surface area contributed by atoms with Gasteiger partial charge in [0.25, 0.3) is 0 Å². The first kappa shape index (κ1) is 15.2. The van der Waals surface area contributed by atoms with Crippen LogP contribution in [0.3, 0.4) is 0 Å². The summed E-state index contributed by atoms with van der Waals surface area (Å²) in [5, 5.41) is 3.53. The molecule has 21 heavy (non-hydrogen) atoms. The lowest BCUT2D eigenvalue weighted by atomic mass is 10.1. The maximum absolute atomic E-state index is 5.41. The minimum absolute atomic E-state index is 0.282. The zero-order valence-corrected chi connectivity index (χ0v) is 13.1. The third-order valence-corrected chi connectivity index (χ3v) is 3.33. The lowest BCUT2D eigenvalue weighted by molar-refractivity contribution is 0.409. The third kappa shape index (κ3) is 3.88. The van der Waals surface area contributed by atoms with Crippen molar-refractivity contribution in [3.8, 4) is 5.75 Å². The highest BCUT2D eigenvalue weighted by molar-refractivity contribution is 5.65. The largest absolute Gasteiger partial charge is 0.496 e. The minimum Gasteiger partial charge on any atom is -0.496 e. The monoisotopic (exact) mass is 285 g/mol. The molecule has 0 aliphatic rings. The van der Waals surface area contributed by atoms with Gasteiger partial charge in [-0.15, -0.1) is 0 Å². The SMILES string of the molecule is COc1ccccc1CC(C)Nc1cccnc1N(C)C. The van der Waals surface area contributed by atoms with Crippen LogP contribution in [0, 0.1) is 0 Å². The summed E-state index contributed by atoms with van der Waals surface area (Å²) >= 11 is 0. The molecule has 0 aliphatic heterocycles. The minimum atomic E-state index is 0.282. The summed E-state index contributed by atoms with van der Waals surface area (Å²) in [5.41, 5.74) is 2.25. The average molecular weight is 285 g/mol. The molecule has 4 heteroatoms. The Morgan fingerprint density at radius 2 is 1.95 bits per heavy atom. The van der Waals surface area contributed by atoms with Crippen LogP contribution < -0.4 is 15.0 Å². The fourth-order valence-corrected chi connectivity index (χ4v) is 2.38. The third-order valence-electron chi connectivity index (χ3n) is 3.33. The highest BCUT2D eigenvalue weighted by Gasteiger charge is 2.11. The van der Waals surface area contributed by atoms with Gasteiger partial charge in [0, 0.05) is 26.3 Å². The van der Waals surface area contributed by atoms with Gasteiger partial charge in [0.15, 0.2) is 5.82 Å². The van der Waals surface area contributed by atoms with Crippen LogP contribution in [0.1, 0.15) is 12.5 Å². The number of anilines is 2. The van der Waals surface area contributed by atoms with Gasteiger partial charge >= 0.3 is 0 Å². The highest BCUT2D eigenvalue weighted by Crippen LogP contribution is 2.24. The van der Waals surface area contributed by atoms with E-state index in [2.05, 4.69) is 29.4 Å². The topological polar surface area (TPSA) is 37.4 Å². The molecule has 1 aromatic heterocycles. The molecular weight excluding hydrogens is 262 g/mol. The smallest absolute Gasteiger partial charge is 0.151 e. The molecule has 0 aliphatic carbocycles. The Morgan fingerprint density at radius 3 is 2.67 bits per heavy atom. The molecule has 1 heterocycles. The Morgan fingerprint density at radius 1 is 1.19 bits per heavy atom. The van der Waals surface area contributed by atoms with Gasteiger partial charge in [-0.3, -0.25) is 0 Å². The van der Waals surface area contributed by atoms with Crippen molar-refractivity contribution < 1.29 is 4.74 Å².